The lowest BCUT2D eigenvalue weighted by atomic mass is 10.3. The number of nitrogen functional groups attached to an aromatic ring is 2. The fourth-order valence-corrected chi connectivity index (χ4v) is 2.34. The highest BCUT2D eigenvalue weighted by Gasteiger charge is 2.05. The number of thioether (sulfide) groups is 1. The van der Waals surface area contributed by atoms with Gasteiger partial charge in [-0.25, -0.2) is 9.97 Å². The van der Waals surface area contributed by atoms with Crippen LogP contribution in [0.4, 0.5) is 11.6 Å². The molecule has 2 aromatic rings. The fourth-order valence-electron chi connectivity index (χ4n) is 1.66. The second-order valence-electron chi connectivity index (χ2n) is 4.08. The van der Waals surface area contributed by atoms with Gasteiger partial charge in [-0.2, -0.15) is 0 Å². The number of rotatable bonds is 7. The molecule has 6 nitrogen and oxygen atoms in total. The van der Waals surface area contributed by atoms with Crippen molar-refractivity contribution < 1.29 is 9.47 Å². The minimum absolute atomic E-state index is 0.368. The third-order valence-electron chi connectivity index (χ3n) is 2.47. The fraction of sp³-hybridized carbons (Fsp3) is 0.286. The maximum absolute atomic E-state index is 5.71. The maximum atomic E-state index is 5.71. The van der Waals surface area contributed by atoms with Gasteiger partial charge in [0.05, 0.1) is 13.2 Å². The quantitative estimate of drug-likeness (QED) is 0.460. The number of nitrogens with zero attached hydrogens (tertiary/aromatic N) is 2. The lowest BCUT2D eigenvalue weighted by Crippen LogP contribution is -2.04. The predicted octanol–water partition coefficient (Wildman–Crippen LogP) is 2.21. The van der Waals surface area contributed by atoms with Gasteiger partial charge in [-0.1, -0.05) is 23.9 Å². The molecule has 4 N–H and O–H groups in total. The molecule has 0 spiro atoms. The van der Waals surface area contributed by atoms with Crippen molar-refractivity contribution in [1.29, 1.82) is 0 Å². The van der Waals surface area contributed by atoms with Crippen molar-refractivity contribution in [3.8, 4) is 11.5 Å². The van der Waals surface area contributed by atoms with E-state index in [1.807, 2.05) is 31.2 Å². The average molecular weight is 306 g/mol. The van der Waals surface area contributed by atoms with Crippen LogP contribution in [0.1, 0.15) is 6.92 Å². The topological polar surface area (TPSA) is 96.3 Å². The van der Waals surface area contributed by atoms with E-state index in [4.69, 9.17) is 20.9 Å². The van der Waals surface area contributed by atoms with E-state index in [-0.39, 0.29) is 0 Å². The Kier molecular flexibility index (Phi) is 5.51. The maximum Gasteiger partial charge on any atom is 0.191 e. The molecule has 0 aliphatic heterocycles. The summed E-state index contributed by atoms with van der Waals surface area (Å²) in [4.78, 5) is 8.19. The van der Waals surface area contributed by atoms with Crippen LogP contribution in [0.3, 0.4) is 0 Å². The molecule has 0 radical (unpaired) electrons. The lowest BCUT2D eigenvalue weighted by molar-refractivity contribution is 0.289. The monoisotopic (exact) mass is 306 g/mol. The molecular weight excluding hydrogens is 288 g/mol. The molecule has 0 fully saturated rings. The second-order valence-corrected chi connectivity index (χ2v) is 5.14. The van der Waals surface area contributed by atoms with Gasteiger partial charge < -0.3 is 20.9 Å². The minimum Gasteiger partial charge on any atom is -0.490 e. The zero-order valence-corrected chi connectivity index (χ0v) is 12.6. The van der Waals surface area contributed by atoms with Crippen LogP contribution in [0.5, 0.6) is 11.5 Å². The molecular formula is C14H18N4O2S. The van der Waals surface area contributed by atoms with Crippen LogP contribution in [0.2, 0.25) is 0 Å². The Morgan fingerprint density at radius 2 is 1.67 bits per heavy atom. The Labute approximate surface area is 127 Å². The van der Waals surface area contributed by atoms with Crippen LogP contribution in [0.25, 0.3) is 0 Å². The summed E-state index contributed by atoms with van der Waals surface area (Å²) in [7, 11) is 0. The van der Waals surface area contributed by atoms with E-state index in [1.54, 1.807) is 0 Å². The zero-order chi connectivity index (χ0) is 15.1. The van der Waals surface area contributed by atoms with Crippen molar-refractivity contribution >= 4 is 23.4 Å². The standard InChI is InChI=1S/C14H18N4O2S/c1-2-19-10-5-3-4-6-11(10)20-7-8-21-14-17-12(15)9-13(16)18-14/h3-6,9H,2,7-8H2,1H3,(H4,15,16,17,18). The summed E-state index contributed by atoms with van der Waals surface area (Å²) in [5.74, 6) is 2.89. The third-order valence-corrected chi connectivity index (χ3v) is 3.28. The van der Waals surface area contributed by atoms with E-state index in [0.29, 0.717) is 35.8 Å². The number of benzene rings is 1. The number of ether oxygens (including phenoxy) is 2. The third kappa shape index (κ3) is 4.71. The lowest BCUT2D eigenvalue weighted by Gasteiger charge is -2.11. The number of para-hydroxylation sites is 2. The molecule has 0 saturated heterocycles. The molecule has 0 unspecified atom stereocenters. The van der Waals surface area contributed by atoms with E-state index >= 15 is 0 Å². The Bertz CT molecular complexity index is 575. The molecule has 21 heavy (non-hydrogen) atoms. The van der Waals surface area contributed by atoms with Crippen LogP contribution >= 0.6 is 11.8 Å². The second kappa shape index (κ2) is 7.58. The number of aromatic nitrogens is 2. The van der Waals surface area contributed by atoms with Gasteiger partial charge in [-0.05, 0) is 19.1 Å². The first-order valence-corrected chi connectivity index (χ1v) is 7.55. The molecule has 2 rings (SSSR count). The summed E-state index contributed by atoms with van der Waals surface area (Å²) in [6.45, 7) is 3.05. The highest BCUT2D eigenvalue weighted by atomic mass is 32.2. The van der Waals surface area contributed by atoms with Crippen molar-refractivity contribution in [1.82, 2.24) is 9.97 Å². The van der Waals surface area contributed by atoms with E-state index < -0.39 is 0 Å². The average Bonchev–Trinajstić information content (AvgIpc) is 2.44. The zero-order valence-electron chi connectivity index (χ0n) is 11.8. The largest absolute Gasteiger partial charge is 0.490 e. The van der Waals surface area contributed by atoms with Gasteiger partial charge in [0.2, 0.25) is 0 Å². The van der Waals surface area contributed by atoms with E-state index in [1.165, 1.54) is 17.8 Å². The van der Waals surface area contributed by atoms with Crippen LogP contribution in [0.15, 0.2) is 35.5 Å². The summed E-state index contributed by atoms with van der Waals surface area (Å²) in [5, 5.41) is 0.550. The Morgan fingerprint density at radius 3 is 2.29 bits per heavy atom. The summed E-state index contributed by atoms with van der Waals surface area (Å²) in [6.07, 6.45) is 0. The van der Waals surface area contributed by atoms with Crippen LogP contribution < -0.4 is 20.9 Å². The van der Waals surface area contributed by atoms with Crippen LogP contribution in [-0.4, -0.2) is 28.9 Å². The minimum atomic E-state index is 0.368. The summed E-state index contributed by atoms with van der Waals surface area (Å²) < 4.78 is 11.2. The van der Waals surface area contributed by atoms with Crippen molar-refractivity contribution in [2.75, 3.05) is 30.4 Å². The predicted molar refractivity (Wildman–Crippen MR) is 84.7 cm³/mol. The van der Waals surface area contributed by atoms with E-state index in [2.05, 4.69) is 9.97 Å². The van der Waals surface area contributed by atoms with Crippen molar-refractivity contribution in [3.63, 3.8) is 0 Å². The Morgan fingerprint density at radius 1 is 1.05 bits per heavy atom. The highest BCUT2D eigenvalue weighted by Crippen LogP contribution is 2.26. The van der Waals surface area contributed by atoms with Crippen molar-refractivity contribution in [3.05, 3.63) is 30.3 Å². The van der Waals surface area contributed by atoms with Gasteiger partial charge in [0.25, 0.3) is 0 Å². The number of nitrogens with two attached hydrogens (primary N) is 2. The first-order valence-electron chi connectivity index (χ1n) is 6.56. The van der Waals surface area contributed by atoms with Crippen molar-refractivity contribution in [2.45, 2.75) is 12.1 Å². The molecule has 112 valence electrons. The smallest absolute Gasteiger partial charge is 0.191 e. The van der Waals surface area contributed by atoms with Crippen LogP contribution in [-0.2, 0) is 0 Å². The molecule has 1 heterocycles. The van der Waals surface area contributed by atoms with E-state index in [9.17, 15) is 0 Å². The summed E-state index contributed by atoms with van der Waals surface area (Å²) in [6, 6.07) is 9.11. The van der Waals surface area contributed by atoms with Crippen LogP contribution in [0, 0.1) is 0 Å². The number of hydrogen-bond donors (Lipinski definition) is 2. The number of anilines is 2. The van der Waals surface area contributed by atoms with Gasteiger partial charge >= 0.3 is 0 Å². The summed E-state index contributed by atoms with van der Waals surface area (Å²) in [5.41, 5.74) is 11.2. The normalized spacial score (nSPS) is 10.3. The molecule has 0 aliphatic carbocycles. The SMILES string of the molecule is CCOc1ccccc1OCCSc1nc(N)cc(N)n1. The van der Waals surface area contributed by atoms with E-state index in [0.717, 1.165) is 11.5 Å². The summed E-state index contributed by atoms with van der Waals surface area (Å²) >= 11 is 1.44. The molecule has 7 heteroatoms. The van der Waals surface area contributed by atoms with Gasteiger partial charge in [-0.15, -0.1) is 0 Å². The van der Waals surface area contributed by atoms with Gasteiger partial charge in [0, 0.05) is 11.8 Å². The molecule has 0 saturated carbocycles. The van der Waals surface area contributed by atoms with Gasteiger partial charge in [-0.3, -0.25) is 0 Å². The molecule has 0 amide bonds. The molecule has 0 bridgehead atoms. The molecule has 0 aliphatic rings. The molecule has 1 aromatic heterocycles. The Hall–Kier alpha value is -2.15. The van der Waals surface area contributed by atoms with Gasteiger partial charge in [0.15, 0.2) is 16.7 Å². The highest BCUT2D eigenvalue weighted by molar-refractivity contribution is 7.99. The molecule has 0 atom stereocenters. The number of hydrogen-bond acceptors (Lipinski definition) is 7. The molecule has 1 aromatic carbocycles. The van der Waals surface area contributed by atoms with Crippen molar-refractivity contribution in [2.24, 2.45) is 0 Å². The first-order chi connectivity index (χ1) is 10.2. The first kappa shape index (κ1) is 15.2. The Balaban J connectivity index is 1.84. The van der Waals surface area contributed by atoms with Gasteiger partial charge in [0.1, 0.15) is 11.6 Å².